The van der Waals surface area contributed by atoms with Crippen molar-refractivity contribution in [2.24, 2.45) is 5.73 Å². The molecule has 1 aromatic carbocycles. The van der Waals surface area contributed by atoms with Crippen molar-refractivity contribution in [1.29, 1.82) is 0 Å². The van der Waals surface area contributed by atoms with E-state index in [0.717, 1.165) is 0 Å². The van der Waals surface area contributed by atoms with Gasteiger partial charge in [-0.2, -0.15) is 0 Å². The van der Waals surface area contributed by atoms with Crippen LogP contribution in [0.15, 0.2) is 24.3 Å². The summed E-state index contributed by atoms with van der Waals surface area (Å²) in [5.74, 6) is -7.46. The molecule has 3 atom stereocenters. The minimum absolute atomic E-state index is 0. The number of aliphatic carboxylic acids is 6. The summed E-state index contributed by atoms with van der Waals surface area (Å²) in [5, 5.41) is 56.5. The van der Waals surface area contributed by atoms with Gasteiger partial charge in [0.2, 0.25) is 0 Å². The van der Waals surface area contributed by atoms with E-state index in [1.807, 2.05) is 0 Å². The molecule has 1 aromatic rings. The van der Waals surface area contributed by atoms with E-state index in [-0.39, 0.29) is 30.2 Å². The van der Waals surface area contributed by atoms with Gasteiger partial charge in [0.15, 0.2) is 0 Å². The molecule has 0 spiro atoms. The Morgan fingerprint density at radius 1 is 0.611 bits per heavy atom. The van der Waals surface area contributed by atoms with Gasteiger partial charge in [-0.3, -0.25) is 39.4 Å². The largest absolute Gasteiger partial charge is 2.00 e. The average molecular weight is 565 g/mol. The molecule has 1 rings (SSSR count). The number of carboxylic acid groups (broad SMARTS) is 6. The zero-order valence-electron chi connectivity index (χ0n) is 18.6. The molecular formula is C20H27CuN3O12+2. The van der Waals surface area contributed by atoms with Crippen LogP contribution in [-0.2, 0) is 58.9 Å². The van der Waals surface area contributed by atoms with E-state index < -0.39 is 73.2 Å². The summed E-state index contributed by atoms with van der Waals surface area (Å²) < 4.78 is 0. The van der Waals surface area contributed by atoms with Gasteiger partial charge in [-0.05, 0) is 11.1 Å². The first kappa shape index (κ1) is 34.6. The molecule has 0 amide bonds. The van der Waals surface area contributed by atoms with Crippen LogP contribution in [0.3, 0.4) is 0 Å². The number of nitrogens with two attached hydrogens (primary N) is 1. The van der Waals surface area contributed by atoms with E-state index in [4.69, 9.17) is 36.4 Å². The van der Waals surface area contributed by atoms with Crippen LogP contribution < -0.4 is 16.4 Å². The monoisotopic (exact) mass is 564 g/mol. The third kappa shape index (κ3) is 16.1. The number of nitrogens with one attached hydrogen (secondary N) is 2. The second kappa shape index (κ2) is 17.8. The van der Waals surface area contributed by atoms with E-state index in [0.29, 0.717) is 11.1 Å². The molecule has 0 aliphatic rings. The van der Waals surface area contributed by atoms with Gasteiger partial charge in [0.05, 0.1) is 19.3 Å². The summed E-state index contributed by atoms with van der Waals surface area (Å²) in [5.41, 5.74) is 6.26. The first-order valence-corrected chi connectivity index (χ1v) is 9.86. The normalized spacial score (nSPS) is 12.5. The molecular weight excluding hydrogens is 538 g/mol. The van der Waals surface area contributed by atoms with Gasteiger partial charge in [-0.25, -0.2) is 0 Å². The van der Waals surface area contributed by atoms with Crippen LogP contribution in [0.2, 0.25) is 0 Å². The zero-order chi connectivity index (χ0) is 27.1. The zero-order valence-corrected chi connectivity index (χ0v) is 19.5. The Labute approximate surface area is 214 Å². The summed E-state index contributed by atoms with van der Waals surface area (Å²) in [4.78, 5) is 62.8. The van der Waals surface area contributed by atoms with Crippen LogP contribution in [0, 0.1) is 0 Å². The van der Waals surface area contributed by atoms with Crippen LogP contribution in [0.4, 0.5) is 0 Å². The number of benzene rings is 1. The molecule has 3 unspecified atom stereocenters. The minimum atomic E-state index is -1.29. The number of carbonyl (C=O) groups is 6. The van der Waals surface area contributed by atoms with Crippen molar-refractivity contribution >= 4 is 35.8 Å². The Hall–Kier alpha value is -3.56. The third-order valence-electron chi connectivity index (χ3n) is 4.19. The van der Waals surface area contributed by atoms with Crippen molar-refractivity contribution in [2.75, 3.05) is 0 Å². The van der Waals surface area contributed by atoms with E-state index in [1.54, 1.807) is 24.3 Å². The van der Waals surface area contributed by atoms with Gasteiger partial charge in [0.25, 0.3) is 0 Å². The fraction of sp³-hybridized carbons (Fsp3) is 0.400. The maximum Gasteiger partial charge on any atom is 2.00 e. The number of hydrogen-bond donors (Lipinski definition) is 9. The molecule has 1 radical (unpaired) electrons. The fourth-order valence-corrected chi connectivity index (χ4v) is 2.38. The Balaban J connectivity index is 0. The third-order valence-corrected chi connectivity index (χ3v) is 4.19. The molecule has 0 heterocycles. The first-order valence-electron chi connectivity index (χ1n) is 9.86. The summed E-state index contributed by atoms with van der Waals surface area (Å²) in [6.45, 7) is 0.295. The molecule has 0 aliphatic carbocycles. The Morgan fingerprint density at radius 3 is 1.11 bits per heavy atom. The molecule has 0 saturated carbocycles. The molecule has 0 bridgehead atoms. The first-order chi connectivity index (χ1) is 16.2. The van der Waals surface area contributed by atoms with Gasteiger partial charge in [-0.1, -0.05) is 24.3 Å². The Bertz CT molecular complexity index is 853. The SMILES string of the molecule is NC(CC(=O)O)C(=O)O.O=C(O)CC(NCc1ccc(CNC(CC(=O)O)C(=O)O)cc1)C(=O)O.[Cu+2]. The maximum atomic E-state index is 11.0. The predicted octanol–water partition coefficient (Wildman–Crippen LogP) is -1.41. The second-order valence-electron chi connectivity index (χ2n) is 7.10. The van der Waals surface area contributed by atoms with Crippen molar-refractivity contribution in [3.05, 3.63) is 35.4 Å². The number of rotatable bonds is 15. The average Bonchev–Trinajstić information content (AvgIpc) is 2.74. The predicted molar refractivity (Wildman–Crippen MR) is 115 cm³/mol. The van der Waals surface area contributed by atoms with Crippen molar-refractivity contribution in [3.8, 4) is 0 Å². The molecule has 203 valence electrons. The molecule has 10 N–H and O–H groups in total. The summed E-state index contributed by atoms with van der Waals surface area (Å²) in [6, 6.07) is 3.01. The fourth-order valence-electron chi connectivity index (χ4n) is 2.38. The molecule has 0 aliphatic heterocycles. The molecule has 16 heteroatoms. The van der Waals surface area contributed by atoms with Crippen LogP contribution in [0.1, 0.15) is 30.4 Å². The van der Waals surface area contributed by atoms with Gasteiger partial charge >= 0.3 is 52.9 Å². The van der Waals surface area contributed by atoms with Gasteiger partial charge in [0, 0.05) is 13.1 Å². The molecule has 0 fully saturated rings. The van der Waals surface area contributed by atoms with Gasteiger partial charge in [-0.15, -0.1) is 0 Å². The van der Waals surface area contributed by atoms with Crippen molar-refractivity contribution in [2.45, 2.75) is 50.5 Å². The summed E-state index contributed by atoms with van der Waals surface area (Å²) in [7, 11) is 0. The van der Waals surface area contributed by atoms with Gasteiger partial charge < -0.3 is 36.4 Å². The number of hydrogen-bond acceptors (Lipinski definition) is 9. The Kier molecular flexibility index (Phi) is 17.1. The molecule has 0 saturated heterocycles. The van der Waals surface area contributed by atoms with Crippen molar-refractivity contribution in [3.63, 3.8) is 0 Å². The smallest absolute Gasteiger partial charge is 0.481 e. The minimum Gasteiger partial charge on any atom is -0.481 e. The van der Waals surface area contributed by atoms with E-state index in [2.05, 4.69) is 10.6 Å². The summed E-state index contributed by atoms with van der Waals surface area (Å²) >= 11 is 0. The van der Waals surface area contributed by atoms with Crippen LogP contribution >= 0.6 is 0 Å². The Morgan fingerprint density at radius 2 is 0.917 bits per heavy atom. The van der Waals surface area contributed by atoms with E-state index >= 15 is 0 Å². The maximum absolute atomic E-state index is 11.0. The molecule has 0 aromatic heterocycles. The van der Waals surface area contributed by atoms with Gasteiger partial charge in [0.1, 0.15) is 18.1 Å². The van der Waals surface area contributed by atoms with Crippen LogP contribution in [0.5, 0.6) is 0 Å². The molecule has 15 nitrogen and oxygen atoms in total. The quantitative estimate of drug-likeness (QED) is 0.111. The number of carboxylic acids is 6. The van der Waals surface area contributed by atoms with Crippen molar-refractivity contribution in [1.82, 2.24) is 10.6 Å². The standard InChI is InChI=1S/C16H20N2O8.C4H7NO4.Cu/c19-13(20)5-11(15(23)24)17-7-9-1-2-10(4-3-9)8-18-12(16(25)26)6-14(21)22;5-2(4(8)9)1-3(6)7;/h1-4,11-12,17-18H,5-8H2,(H,19,20)(H,21,22)(H,23,24)(H,25,26);2H,1,5H2,(H,6,7)(H,8,9);/q;;+2. The second-order valence-corrected chi connectivity index (χ2v) is 7.10. The summed E-state index contributed by atoms with van der Waals surface area (Å²) in [6.07, 6.45) is -1.62. The van der Waals surface area contributed by atoms with Crippen LogP contribution in [0.25, 0.3) is 0 Å². The topological polar surface area (TPSA) is 274 Å². The van der Waals surface area contributed by atoms with Crippen molar-refractivity contribution < 1.29 is 76.5 Å². The molecule has 36 heavy (non-hydrogen) atoms. The van der Waals surface area contributed by atoms with E-state index in [1.165, 1.54) is 0 Å². The van der Waals surface area contributed by atoms with E-state index in [9.17, 15) is 28.8 Å². The van der Waals surface area contributed by atoms with Crippen LogP contribution in [-0.4, -0.2) is 84.6 Å².